The van der Waals surface area contributed by atoms with Crippen LogP contribution in [-0.2, 0) is 22.3 Å². The Hall–Kier alpha value is -1.26. The summed E-state index contributed by atoms with van der Waals surface area (Å²) in [6.45, 7) is 1.51. The lowest BCUT2D eigenvalue weighted by atomic mass is 9.98. The average Bonchev–Trinajstić information content (AvgIpc) is 3.11. The van der Waals surface area contributed by atoms with E-state index in [0.29, 0.717) is 6.42 Å². The highest BCUT2D eigenvalue weighted by atomic mass is 16.6. The first kappa shape index (κ1) is 9.93. The van der Waals surface area contributed by atoms with Gasteiger partial charge in [0.15, 0.2) is 11.5 Å². The molecule has 2 unspecified atom stereocenters. The van der Waals surface area contributed by atoms with E-state index in [4.69, 9.17) is 9.47 Å². The van der Waals surface area contributed by atoms with E-state index in [0.717, 1.165) is 30.8 Å². The van der Waals surface area contributed by atoms with Gasteiger partial charge in [-0.1, -0.05) is 0 Å². The van der Waals surface area contributed by atoms with Gasteiger partial charge in [0.05, 0.1) is 25.4 Å². The number of hydrogen-bond acceptors (Lipinski definition) is 4. The fourth-order valence-electron chi connectivity index (χ4n) is 1.86. The minimum absolute atomic E-state index is 0.0614. The molecule has 2 saturated heterocycles. The van der Waals surface area contributed by atoms with Crippen molar-refractivity contribution in [3.8, 4) is 11.5 Å². The average molecular weight is 221 g/mol. The molecule has 2 atom stereocenters. The van der Waals surface area contributed by atoms with Crippen molar-refractivity contribution in [2.45, 2.75) is 25.0 Å². The van der Waals surface area contributed by atoms with Crippen molar-refractivity contribution in [2.24, 2.45) is 0 Å². The molecule has 2 fully saturated rings. The first-order valence-electron chi connectivity index (χ1n) is 5.41. The molecule has 0 bridgehead atoms. The highest BCUT2D eigenvalue weighted by molar-refractivity contribution is 5.49. The van der Waals surface area contributed by atoms with Crippen LogP contribution >= 0.6 is 0 Å². The second-order valence-corrected chi connectivity index (χ2v) is 4.31. The van der Waals surface area contributed by atoms with Gasteiger partial charge in [0.2, 0.25) is 0 Å². The SMILES string of the molecule is Oc1[c]cc(CC2CO2)c(CC2CO2)c1O. The second-order valence-electron chi connectivity index (χ2n) is 4.31. The Labute approximate surface area is 93.4 Å². The van der Waals surface area contributed by atoms with Gasteiger partial charge in [0.25, 0.3) is 0 Å². The zero-order chi connectivity index (χ0) is 11.1. The van der Waals surface area contributed by atoms with E-state index in [1.165, 1.54) is 0 Å². The molecule has 16 heavy (non-hydrogen) atoms. The van der Waals surface area contributed by atoms with Crippen LogP contribution in [0.4, 0.5) is 0 Å². The van der Waals surface area contributed by atoms with Crippen molar-refractivity contribution in [1.82, 2.24) is 0 Å². The quantitative estimate of drug-likeness (QED) is 0.582. The topological polar surface area (TPSA) is 65.5 Å². The van der Waals surface area contributed by atoms with Crippen molar-refractivity contribution < 1.29 is 19.7 Å². The maximum atomic E-state index is 9.81. The smallest absolute Gasteiger partial charge is 0.165 e. The Bertz CT molecular complexity index is 408. The molecule has 0 aliphatic carbocycles. The predicted octanol–water partition coefficient (Wildman–Crippen LogP) is 0.781. The van der Waals surface area contributed by atoms with E-state index in [1.807, 2.05) is 0 Å². The molecule has 1 aromatic rings. The molecule has 0 amide bonds. The van der Waals surface area contributed by atoms with Gasteiger partial charge in [-0.15, -0.1) is 0 Å². The van der Waals surface area contributed by atoms with Crippen LogP contribution in [0, 0.1) is 6.07 Å². The van der Waals surface area contributed by atoms with Crippen LogP contribution in [0.15, 0.2) is 6.07 Å². The van der Waals surface area contributed by atoms with Crippen LogP contribution in [-0.4, -0.2) is 35.6 Å². The molecule has 2 aliphatic rings. The number of ether oxygens (including phenoxy) is 2. The van der Waals surface area contributed by atoms with Crippen LogP contribution in [0.2, 0.25) is 0 Å². The van der Waals surface area contributed by atoms with E-state index in [2.05, 4.69) is 6.07 Å². The van der Waals surface area contributed by atoms with Gasteiger partial charge >= 0.3 is 0 Å². The molecule has 0 spiro atoms. The molecule has 2 N–H and O–H groups in total. The highest BCUT2D eigenvalue weighted by Gasteiger charge is 2.29. The summed E-state index contributed by atoms with van der Waals surface area (Å²) in [6.07, 6.45) is 1.87. The molecule has 4 nitrogen and oxygen atoms in total. The van der Waals surface area contributed by atoms with Gasteiger partial charge in [0, 0.05) is 24.5 Å². The summed E-state index contributed by atoms with van der Waals surface area (Å²) in [5.41, 5.74) is 1.77. The minimum Gasteiger partial charge on any atom is -0.504 e. The van der Waals surface area contributed by atoms with E-state index >= 15 is 0 Å². The Morgan fingerprint density at radius 3 is 2.44 bits per heavy atom. The number of hydrogen-bond donors (Lipinski definition) is 2. The fourth-order valence-corrected chi connectivity index (χ4v) is 1.86. The summed E-state index contributed by atoms with van der Waals surface area (Å²) in [5.74, 6) is -0.246. The van der Waals surface area contributed by atoms with E-state index in [-0.39, 0.29) is 23.7 Å². The Morgan fingerprint density at radius 2 is 1.81 bits per heavy atom. The van der Waals surface area contributed by atoms with Crippen molar-refractivity contribution >= 4 is 0 Å². The van der Waals surface area contributed by atoms with E-state index < -0.39 is 0 Å². The molecule has 3 rings (SSSR count). The van der Waals surface area contributed by atoms with Crippen molar-refractivity contribution in [1.29, 1.82) is 0 Å². The van der Waals surface area contributed by atoms with Crippen molar-refractivity contribution in [3.05, 3.63) is 23.3 Å². The number of phenolic OH excluding ortho intramolecular Hbond substituents is 2. The summed E-state index contributed by atoms with van der Waals surface area (Å²) in [4.78, 5) is 0. The lowest BCUT2D eigenvalue weighted by Gasteiger charge is -2.10. The predicted molar refractivity (Wildman–Crippen MR) is 55.5 cm³/mol. The van der Waals surface area contributed by atoms with E-state index in [9.17, 15) is 10.2 Å². The third kappa shape index (κ3) is 1.99. The largest absolute Gasteiger partial charge is 0.504 e. The molecule has 2 heterocycles. The van der Waals surface area contributed by atoms with Crippen LogP contribution < -0.4 is 0 Å². The Kier molecular flexibility index (Phi) is 2.26. The summed E-state index contributed by atoms with van der Waals surface area (Å²) >= 11 is 0. The summed E-state index contributed by atoms with van der Waals surface area (Å²) in [5, 5.41) is 19.2. The second kappa shape index (κ2) is 3.64. The summed E-state index contributed by atoms with van der Waals surface area (Å²) < 4.78 is 10.3. The maximum absolute atomic E-state index is 9.81. The van der Waals surface area contributed by atoms with Gasteiger partial charge in [-0.05, 0) is 11.6 Å². The molecule has 4 heteroatoms. The number of aromatic hydroxyl groups is 2. The summed E-state index contributed by atoms with van der Waals surface area (Å²) in [6, 6.07) is 4.38. The molecule has 85 valence electrons. The van der Waals surface area contributed by atoms with Gasteiger partial charge in [-0.3, -0.25) is 0 Å². The zero-order valence-electron chi connectivity index (χ0n) is 8.77. The highest BCUT2D eigenvalue weighted by Crippen LogP contribution is 2.35. The van der Waals surface area contributed by atoms with Gasteiger partial charge in [-0.2, -0.15) is 0 Å². The van der Waals surface area contributed by atoms with Crippen LogP contribution in [0.25, 0.3) is 0 Å². The Morgan fingerprint density at radius 1 is 1.19 bits per heavy atom. The van der Waals surface area contributed by atoms with Gasteiger partial charge < -0.3 is 19.7 Å². The molecular weight excluding hydrogens is 208 g/mol. The zero-order valence-corrected chi connectivity index (χ0v) is 8.77. The number of epoxide rings is 2. The molecule has 2 aliphatic heterocycles. The van der Waals surface area contributed by atoms with Gasteiger partial charge in [-0.25, -0.2) is 0 Å². The molecular formula is C12H13O4. The van der Waals surface area contributed by atoms with Crippen LogP contribution in [0.1, 0.15) is 11.1 Å². The number of benzene rings is 1. The molecule has 0 aromatic heterocycles. The fraction of sp³-hybridized carbons (Fsp3) is 0.500. The minimum atomic E-state index is -0.184. The first-order chi connectivity index (χ1) is 7.74. The monoisotopic (exact) mass is 221 g/mol. The van der Waals surface area contributed by atoms with Gasteiger partial charge in [0.1, 0.15) is 0 Å². The van der Waals surface area contributed by atoms with Crippen LogP contribution in [0.3, 0.4) is 0 Å². The summed E-state index contributed by atoms with van der Waals surface area (Å²) in [7, 11) is 0. The third-order valence-corrected chi connectivity index (χ3v) is 2.97. The van der Waals surface area contributed by atoms with Crippen molar-refractivity contribution in [3.63, 3.8) is 0 Å². The van der Waals surface area contributed by atoms with Crippen LogP contribution in [0.5, 0.6) is 11.5 Å². The first-order valence-corrected chi connectivity index (χ1v) is 5.41. The van der Waals surface area contributed by atoms with E-state index in [1.54, 1.807) is 6.07 Å². The van der Waals surface area contributed by atoms with Crippen molar-refractivity contribution in [2.75, 3.05) is 13.2 Å². The lowest BCUT2D eigenvalue weighted by Crippen LogP contribution is -2.03. The molecule has 0 saturated carbocycles. The molecule has 1 radical (unpaired) electrons. The third-order valence-electron chi connectivity index (χ3n) is 2.97. The maximum Gasteiger partial charge on any atom is 0.165 e. The normalized spacial score (nSPS) is 26.8. The number of rotatable bonds is 4. The standard InChI is InChI=1S/C12H13O4/c13-11-2-1-7(3-8-5-15-8)10(12(11)14)4-9-6-16-9/h1,8-9,13-14H,3-6H2. The Balaban J connectivity index is 1.89. The number of phenols is 2. The molecule has 1 aromatic carbocycles. The lowest BCUT2D eigenvalue weighted by molar-refractivity contribution is 0.381.